The molecule has 2 aliphatic heterocycles. The van der Waals surface area contributed by atoms with E-state index >= 15 is 0 Å². The van der Waals surface area contributed by atoms with Gasteiger partial charge in [0, 0.05) is 39.4 Å². The molecule has 2 heterocycles. The molecule has 4 aliphatic rings. The lowest BCUT2D eigenvalue weighted by molar-refractivity contribution is 0.332. The third kappa shape index (κ3) is 6.20. The zero-order chi connectivity index (χ0) is 45.7. The van der Waals surface area contributed by atoms with Crippen molar-refractivity contribution in [1.29, 1.82) is 0 Å². The summed E-state index contributed by atoms with van der Waals surface area (Å²) in [6.45, 7) is 31.4. The molecule has 65 heavy (non-hydrogen) atoms. The molecular formula is C62H65BN2. The van der Waals surface area contributed by atoms with Crippen LogP contribution in [0.5, 0.6) is 0 Å². The van der Waals surface area contributed by atoms with Crippen molar-refractivity contribution < 1.29 is 0 Å². The van der Waals surface area contributed by atoms with E-state index in [1.165, 1.54) is 125 Å². The molecule has 0 bridgehead atoms. The number of fused-ring (bicyclic) bond motifs is 8. The number of nitrogens with zero attached hydrogens (tertiary/aromatic N) is 2. The average Bonchev–Trinajstić information content (AvgIpc) is 3.50. The third-order valence-electron chi connectivity index (χ3n) is 16.1. The molecular weight excluding hydrogens is 784 g/mol. The summed E-state index contributed by atoms with van der Waals surface area (Å²) in [5.41, 5.74) is 26.7. The summed E-state index contributed by atoms with van der Waals surface area (Å²) < 4.78 is 0. The summed E-state index contributed by atoms with van der Waals surface area (Å²) in [5.74, 6) is 0. The van der Waals surface area contributed by atoms with Crippen LogP contribution in [0.3, 0.4) is 0 Å². The second kappa shape index (κ2) is 13.9. The van der Waals surface area contributed by atoms with Gasteiger partial charge in [-0.15, -0.1) is 0 Å². The monoisotopic (exact) mass is 849 g/mol. The van der Waals surface area contributed by atoms with E-state index < -0.39 is 0 Å². The predicted molar refractivity (Wildman–Crippen MR) is 281 cm³/mol. The molecule has 326 valence electrons. The summed E-state index contributed by atoms with van der Waals surface area (Å²) >= 11 is 0. The van der Waals surface area contributed by atoms with Gasteiger partial charge in [-0.25, -0.2) is 0 Å². The Morgan fingerprint density at radius 1 is 0.446 bits per heavy atom. The highest BCUT2D eigenvalue weighted by atomic mass is 15.2. The fourth-order valence-corrected chi connectivity index (χ4v) is 12.1. The van der Waals surface area contributed by atoms with Gasteiger partial charge in [0.15, 0.2) is 0 Å². The van der Waals surface area contributed by atoms with E-state index in [4.69, 9.17) is 0 Å². The molecule has 0 saturated carbocycles. The van der Waals surface area contributed by atoms with Crippen LogP contribution in [0.2, 0.25) is 0 Å². The Morgan fingerprint density at radius 3 is 1.69 bits per heavy atom. The van der Waals surface area contributed by atoms with Gasteiger partial charge in [0.25, 0.3) is 6.71 Å². The first-order valence-electron chi connectivity index (χ1n) is 24.2. The maximum absolute atomic E-state index is 2.69. The summed E-state index contributed by atoms with van der Waals surface area (Å²) in [5, 5.41) is 0. The maximum atomic E-state index is 2.69. The highest BCUT2D eigenvalue weighted by Crippen LogP contribution is 2.56. The first kappa shape index (κ1) is 41.9. The van der Waals surface area contributed by atoms with Crippen molar-refractivity contribution in [3.8, 4) is 22.3 Å². The second-order valence-electron chi connectivity index (χ2n) is 23.8. The molecule has 2 nitrogen and oxygen atoms in total. The lowest BCUT2D eigenvalue weighted by Crippen LogP contribution is -2.62. The number of hydrogen-bond acceptors (Lipinski definition) is 2. The van der Waals surface area contributed by atoms with Crippen molar-refractivity contribution in [3.63, 3.8) is 0 Å². The molecule has 0 spiro atoms. The molecule has 7 aromatic rings. The molecule has 0 amide bonds. The molecule has 0 fully saturated rings. The zero-order valence-corrected chi connectivity index (χ0v) is 41.1. The smallest absolute Gasteiger partial charge is 0.252 e. The van der Waals surface area contributed by atoms with Crippen LogP contribution in [-0.4, -0.2) is 6.71 Å². The van der Waals surface area contributed by atoms with Gasteiger partial charge in [0.2, 0.25) is 0 Å². The second-order valence-corrected chi connectivity index (χ2v) is 23.8. The SMILES string of the molecule is Cc1cc(-c2ccccc2)ccc1N1c2cc3c(cc2B2c4cc(C(C)(C)C)ccc4N(c4cccc5c4-c4ccccc4C5(C)C)c4cc(C(C)(C)C)cc1c42)C(C)(C)CCC3(C)C. The minimum atomic E-state index is -0.120. The molecule has 0 atom stereocenters. The molecule has 0 radical (unpaired) electrons. The van der Waals surface area contributed by atoms with Crippen molar-refractivity contribution in [1.82, 2.24) is 0 Å². The van der Waals surface area contributed by atoms with Crippen LogP contribution >= 0.6 is 0 Å². The molecule has 0 unspecified atom stereocenters. The number of benzene rings is 7. The van der Waals surface area contributed by atoms with Crippen LogP contribution in [0, 0.1) is 6.92 Å². The Morgan fingerprint density at radius 2 is 1.03 bits per heavy atom. The quantitative estimate of drug-likeness (QED) is 0.163. The Labute approximate surface area is 389 Å². The Bertz CT molecular complexity index is 3110. The van der Waals surface area contributed by atoms with E-state index in [1.807, 2.05) is 0 Å². The van der Waals surface area contributed by atoms with Crippen LogP contribution in [0.4, 0.5) is 34.1 Å². The molecule has 0 N–H and O–H groups in total. The van der Waals surface area contributed by atoms with Crippen LogP contribution in [0.25, 0.3) is 22.3 Å². The molecule has 0 aromatic heterocycles. The largest absolute Gasteiger partial charge is 0.311 e. The summed E-state index contributed by atoms with van der Waals surface area (Å²) in [6, 6.07) is 52.2. The predicted octanol–water partition coefficient (Wildman–Crippen LogP) is 15.0. The maximum Gasteiger partial charge on any atom is 0.252 e. The molecule has 0 saturated heterocycles. The number of rotatable bonds is 3. The topological polar surface area (TPSA) is 6.48 Å². The fourth-order valence-electron chi connectivity index (χ4n) is 12.1. The lowest BCUT2D eigenvalue weighted by atomic mass is 9.32. The van der Waals surface area contributed by atoms with Gasteiger partial charge in [0.05, 0.1) is 5.69 Å². The van der Waals surface area contributed by atoms with Gasteiger partial charge in [-0.1, -0.05) is 174 Å². The van der Waals surface area contributed by atoms with Crippen molar-refractivity contribution in [2.75, 3.05) is 9.80 Å². The highest BCUT2D eigenvalue weighted by Gasteiger charge is 2.48. The normalized spacial score (nSPS) is 17.2. The van der Waals surface area contributed by atoms with Crippen LogP contribution in [0.1, 0.15) is 135 Å². The van der Waals surface area contributed by atoms with Gasteiger partial charge < -0.3 is 9.80 Å². The van der Waals surface area contributed by atoms with E-state index in [0.29, 0.717) is 0 Å². The zero-order valence-electron chi connectivity index (χ0n) is 41.1. The summed E-state index contributed by atoms with van der Waals surface area (Å²) in [4.78, 5) is 5.37. The van der Waals surface area contributed by atoms with Gasteiger partial charge >= 0.3 is 0 Å². The standard InChI is InChI=1S/C62H65BN2/c1-38-32-40(39-20-15-14-16-21-39)26-28-50(38)64-53-37-47-46(60(8,9)30-31-61(47,10)11)36-49(53)63-48-33-41(58(2,3)4)27-29-51(48)65(55-35-42(59(5,6)7)34-54(64)57(55)63)52-25-19-24-45-56(52)43-22-17-18-23-44(43)62(45,12)13/h14-29,32-37H,30-31H2,1-13H3. The average molecular weight is 849 g/mol. The van der Waals surface area contributed by atoms with Gasteiger partial charge in [-0.3, -0.25) is 0 Å². The van der Waals surface area contributed by atoms with Crippen LogP contribution in [0.15, 0.2) is 133 Å². The van der Waals surface area contributed by atoms with Gasteiger partial charge in [-0.2, -0.15) is 0 Å². The van der Waals surface area contributed by atoms with Crippen molar-refractivity contribution >= 4 is 57.2 Å². The van der Waals surface area contributed by atoms with E-state index in [1.54, 1.807) is 0 Å². The third-order valence-corrected chi connectivity index (χ3v) is 16.1. The minimum absolute atomic E-state index is 0.0287. The Balaban J connectivity index is 1.29. The summed E-state index contributed by atoms with van der Waals surface area (Å²) in [7, 11) is 0. The van der Waals surface area contributed by atoms with Crippen LogP contribution < -0.4 is 26.2 Å². The molecule has 11 rings (SSSR count). The van der Waals surface area contributed by atoms with E-state index in [-0.39, 0.29) is 33.8 Å². The van der Waals surface area contributed by atoms with Crippen molar-refractivity contribution in [2.24, 2.45) is 0 Å². The Kier molecular flexibility index (Phi) is 8.93. The van der Waals surface area contributed by atoms with E-state index in [0.717, 1.165) is 0 Å². The van der Waals surface area contributed by atoms with E-state index in [2.05, 4.69) is 233 Å². The van der Waals surface area contributed by atoms with E-state index in [9.17, 15) is 0 Å². The molecule has 3 heteroatoms. The van der Waals surface area contributed by atoms with Crippen molar-refractivity contribution in [3.05, 3.63) is 172 Å². The molecule has 7 aromatic carbocycles. The van der Waals surface area contributed by atoms with Crippen molar-refractivity contribution in [2.45, 2.75) is 130 Å². The number of hydrogen-bond donors (Lipinski definition) is 0. The first-order valence-corrected chi connectivity index (χ1v) is 24.2. The fraction of sp³-hybridized carbons (Fsp3) is 0.323. The number of anilines is 6. The van der Waals surface area contributed by atoms with Gasteiger partial charge in [-0.05, 0) is 156 Å². The lowest BCUT2D eigenvalue weighted by Gasteiger charge is -2.48. The Hall–Kier alpha value is -5.80. The first-order chi connectivity index (χ1) is 30.7. The summed E-state index contributed by atoms with van der Waals surface area (Å²) in [6.07, 6.45) is 2.34. The highest BCUT2D eigenvalue weighted by molar-refractivity contribution is 7.00. The van der Waals surface area contributed by atoms with Crippen LogP contribution in [-0.2, 0) is 27.1 Å². The number of aryl methyl sites for hydroxylation is 1. The molecule has 2 aliphatic carbocycles. The van der Waals surface area contributed by atoms with Gasteiger partial charge in [0.1, 0.15) is 0 Å². The minimum Gasteiger partial charge on any atom is -0.311 e.